The summed E-state index contributed by atoms with van der Waals surface area (Å²) in [6.07, 6.45) is 2.15. The molecule has 0 N–H and O–H groups in total. The molecule has 0 aromatic heterocycles. The molecule has 15 heavy (non-hydrogen) atoms. The lowest BCUT2D eigenvalue weighted by atomic mass is 10.2. The third-order valence-electron chi connectivity index (χ3n) is 2.21. The molecule has 3 atom stereocenters. The number of nitrogens with zero attached hydrogens (tertiary/aromatic N) is 1. The molecule has 0 aromatic rings. The first kappa shape index (κ1) is 15.1. The van der Waals surface area contributed by atoms with Crippen molar-refractivity contribution in [3.63, 3.8) is 0 Å². The molecule has 92 valence electrons. The minimum absolute atomic E-state index is 0.0499. The van der Waals surface area contributed by atoms with Crippen LogP contribution < -0.4 is 0 Å². The highest BCUT2D eigenvalue weighted by Gasteiger charge is 2.12. The van der Waals surface area contributed by atoms with Gasteiger partial charge in [-0.25, -0.2) is 4.67 Å². The summed E-state index contributed by atoms with van der Waals surface area (Å²) in [6, 6.07) is 0. The van der Waals surface area contributed by atoms with E-state index in [0.717, 1.165) is 12.8 Å². The van der Waals surface area contributed by atoms with Crippen molar-refractivity contribution >= 4 is 8.18 Å². The smallest absolute Gasteiger partial charge is 0.260 e. The van der Waals surface area contributed by atoms with Crippen molar-refractivity contribution in [1.29, 1.82) is 0 Å². The fraction of sp³-hybridized carbons (Fsp3) is 1.00. The van der Waals surface area contributed by atoms with Gasteiger partial charge in [-0.1, -0.05) is 13.8 Å². The van der Waals surface area contributed by atoms with Gasteiger partial charge in [0.05, 0.1) is 18.8 Å². The maximum atomic E-state index is 11.4. The molecule has 0 saturated carbocycles. The van der Waals surface area contributed by atoms with Crippen LogP contribution in [0, 0.1) is 0 Å². The topological polar surface area (TPSA) is 38.8 Å². The highest BCUT2D eigenvalue weighted by molar-refractivity contribution is 7.36. The quantitative estimate of drug-likeness (QED) is 0.608. The molecule has 0 radical (unpaired) electrons. The van der Waals surface area contributed by atoms with Gasteiger partial charge in [-0.2, -0.15) is 0 Å². The van der Waals surface area contributed by atoms with Gasteiger partial charge in [-0.15, -0.1) is 0 Å². The van der Waals surface area contributed by atoms with Crippen LogP contribution in [0.3, 0.4) is 0 Å². The fourth-order valence-corrected chi connectivity index (χ4v) is 1.56. The van der Waals surface area contributed by atoms with Crippen LogP contribution in [0.2, 0.25) is 0 Å². The molecule has 0 aliphatic rings. The van der Waals surface area contributed by atoms with E-state index in [4.69, 9.17) is 9.26 Å². The molecule has 0 saturated heterocycles. The zero-order chi connectivity index (χ0) is 11.8. The Bertz CT molecular complexity index is 188. The molecule has 0 bridgehead atoms. The lowest BCUT2D eigenvalue weighted by molar-refractivity contribution is -0.0278. The number of hydrogen-bond acceptors (Lipinski definition) is 3. The molecule has 5 heteroatoms. The number of hydrogen-bond donors (Lipinski definition) is 0. The largest absolute Gasteiger partial charge is 0.373 e. The average Bonchev–Trinajstić information content (AvgIpc) is 2.22. The predicted octanol–water partition coefficient (Wildman–Crippen LogP) is 2.55. The Kier molecular flexibility index (Phi) is 8.34. The van der Waals surface area contributed by atoms with Gasteiger partial charge in [0.25, 0.3) is 8.18 Å². The van der Waals surface area contributed by atoms with Crippen LogP contribution in [0.5, 0.6) is 0 Å². The van der Waals surface area contributed by atoms with E-state index in [1.165, 1.54) is 0 Å². The molecule has 4 nitrogen and oxygen atoms in total. The van der Waals surface area contributed by atoms with E-state index in [1.54, 1.807) is 18.8 Å². The van der Waals surface area contributed by atoms with Crippen LogP contribution in [0.25, 0.3) is 0 Å². The summed E-state index contributed by atoms with van der Waals surface area (Å²) in [7, 11) is 1.45. The average molecular weight is 237 g/mol. The van der Waals surface area contributed by atoms with Crippen molar-refractivity contribution in [2.75, 3.05) is 20.7 Å². The second-order valence-electron chi connectivity index (χ2n) is 3.86. The molecular formula is C10H24NO3P. The molecule has 0 fully saturated rings. The molecule has 0 aliphatic heterocycles. The zero-order valence-electron chi connectivity index (χ0n) is 10.4. The third-order valence-corrected chi connectivity index (χ3v) is 3.36. The standard InChI is InChI=1S/C10H24NO3P/c1-6-9(3)14-10(7-2)8-13-15(12)11(4)5/h9-10,15H,6-8H2,1-5H3/t9-,10-/m0/s1. The van der Waals surface area contributed by atoms with E-state index in [0.29, 0.717) is 6.61 Å². The Hall–Kier alpha value is 0.110. The van der Waals surface area contributed by atoms with Crippen molar-refractivity contribution < 1.29 is 13.8 Å². The summed E-state index contributed by atoms with van der Waals surface area (Å²) in [5, 5.41) is 0. The van der Waals surface area contributed by atoms with Gasteiger partial charge in [-0.3, -0.25) is 4.57 Å². The SMILES string of the molecule is CC[C@@H](CO[PH](=O)N(C)C)O[C@@H](C)CC. The molecule has 0 aliphatic carbocycles. The van der Waals surface area contributed by atoms with E-state index < -0.39 is 8.18 Å². The molecule has 0 heterocycles. The second kappa shape index (κ2) is 8.28. The Morgan fingerprint density at radius 1 is 1.27 bits per heavy atom. The lowest BCUT2D eigenvalue weighted by Gasteiger charge is -2.21. The predicted molar refractivity (Wildman–Crippen MR) is 63.6 cm³/mol. The number of ether oxygens (including phenoxy) is 1. The van der Waals surface area contributed by atoms with Crippen LogP contribution in [-0.2, 0) is 13.8 Å². The Morgan fingerprint density at radius 2 is 1.87 bits per heavy atom. The first-order valence-corrected chi connectivity index (χ1v) is 6.77. The minimum Gasteiger partial charge on any atom is -0.373 e. The van der Waals surface area contributed by atoms with Crippen LogP contribution >= 0.6 is 8.18 Å². The lowest BCUT2D eigenvalue weighted by Crippen LogP contribution is -2.23. The highest BCUT2D eigenvalue weighted by Crippen LogP contribution is 2.25. The normalized spacial score (nSPS) is 17.7. The van der Waals surface area contributed by atoms with Crippen molar-refractivity contribution in [3.05, 3.63) is 0 Å². The summed E-state index contributed by atoms with van der Waals surface area (Å²) in [5.41, 5.74) is 0. The third kappa shape index (κ3) is 7.07. The maximum Gasteiger partial charge on any atom is 0.260 e. The van der Waals surface area contributed by atoms with Gasteiger partial charge in [0, 0.05) is 0 Å². The van der Waals surface area contributed by atoms with Crippen LogP contribution in [0.15, 0.2) is 0 Å². The zero-order valence-corrected chi connectivity index (χ0v) is 11.4. The summed E-state index contributed by atoms with van der Waals surface area (Å²) in [6.45, 7) is 6.58. The van der Waals surface area contributed by atoms with Crippen LogP contribution in [-0.4, -0.2) is 37.6 Å². The highest BCUT2D eigenvalue weighted by atomic mass is 31.1. The number of rotatable bonds is 8. The summed E-state index contributed by atoms with van der Waals surface area (Å²) < 4.78 is 23.9. The second-order valence-corrected chi connectivity index (χ2v) is 5.57. The van der Waals surface area contributed by atoms with Crippen LogP contribution in [0.4, 0.5) is 0 Å². The van der Waals surface area contributed by atoms with E-state index in [9.17, 15) is 4.57 Å². The molecule has 0 aromatic carbocycles. The van der Waals surface area contributed by atoms with Crippen molar-refractivity contribution in [2.45, 2.75) is 45.8 Å². The summed E-state index contributed by atoms with van der Waals surface area (Å²) >= 11 is 0. The Balaban J connectivity index is 3.84. The molecular weight excluding hydrogens is 213 g/mol. The van der Waals surface area contributed by atoms with Crippen LogP contribution in [0.1, 0.15) is 33.6 Å². The van der Waals surface area contributed by atoms with Gasteiger partial charge in [0.2, 0.25) is 0 Å². The minimum atomic E-state index is -2.05. The van der Waals surface area contributed by atoms with E-state index in [-0.39, 0.29) is 12.2 Å². The Labute approximate surface area is 93.9 Å². The monoisotopic (exact) mass is 237 g/mol. The molecule has 0 amide bonds. The Morgan fingerprint density at radius 3 is 2.27 bits per heavy atom. The van der Waals surface area contributed by atoms with Gasteiger partial charge in [0.15, 0.2) is 0 Å². The van der Waals surface area contributed by atoms with Crippen molar-refractivity contribution in [1.82, 2.24) is 4.67 Å². The van der Waals surface area contributed by atoms with E-state index in [1.807, 2.05) is 13.8 Å². The van der Waals surface area contributed by atoms with E-state index >= 15 is 0 Å². The van der Waals surface area contributed by atoms with Crippen molar-refractivity contribution in [3.8, 4) is 0 Å². The molecule has 1 unspecified atom stereocenters. The fourth-order valence-electron chi connectivity index (χ4n) is 0.971. The molecule has 0 rings (SSSR count). The maximum absolute atomic E-state index is 11.4. The van der Waals surface area contributed by atoms with Crippen molar-refractivity contribution in [2.24, 2.45) is 0 Å². The van der Waals surface area contributed by atoms with Gasteiger partial charge < -0.3 is 9.26 Å². The van der Waals surface area contributed by atoms with E-state index in [2.05, 4.69) is 6.92 Å². The van der Waals surface area contributed by atoms with Gasteiger partial charge in [0.1, 0.15) is 0 Å². The first-order chi connectivity index (χ1) is 7.01. The first-order valence-electron chi connectivity index (χ1n) is 5.50. The summed E-state index contributed by atoms with van der Waals surface area (Å²) in [4.78, 5) is 0. The summed E-state index contributed by atoms with van der Waals surface area (Å²) in [5.74, 6) is 0. The van der Waals surface area contributed by atoms with Gasteiger partial charge >= 0.3 is 0 Å². The van der Waals surface area contributed by atoms with Gasteiger partial charge in [-0.05, 0) is 33.9 Å². The molecule has 0 spiro atoms.